The fourth-order valence-electron chi connectivity index (χ4n) is 4.84. The predicted molar refractivity (Wildman–Crippen MR) is 140 cm³/mol. The van der Waals surface area contributed by atoms with Crippen molar-refractivity contribution in [3.05, 3.63) is 94.9 Å². The monoisotopic (exact) mass is 541 g/mol. The number of carbonyl (C=O) groups is 2. The van der Waals surface area contributed by atoms with Gasteiger partial charge in [0.25, 0.3) is 5.91 Å². The first-order valence-electron chi connectivity index (χ1n) is 13.0. The van der Waals surface area contributed by atoms with Gasteiger partial charge in [-0.2, -0.15) is 0 Å². The molecule has 39 heavy (non-hydrogen) atoms. The second kappa shape index (κ2) is 13.0. The number of aliphatic hydroxyl groups is 2. The Morgan fingerprint density at radius 2 is 1.82 bits per heavy atom. The van der Waals surface area contributed by atoms with E-state index < -0.39 is 47.7 Å². The first kappa shape index (κ1) is 28.4. The van der Waals surface area contributed by atoms with Crippen LogP contribution in [0.2, 0.25) is 0 Å². The van der Waals surface area contributed by atoms with E-state index >= 15 is 0 Å². The molecule has 0 saturated carbocycles. The summed E-state index contributed by atoms with van der Waals surface area (Å²) in [6.07, 6.45) is 0.128. The summed E-state index contributed by atoms with van der Waals surface area (Å²) in [6, 6.07) is 12.1. The highest BCUT2D eigenvalue weighted by molar-refractivity contribution is 5.96. The molecule has 4 atom stereocenters. The van der Waals surface area contributed by atoms with Crippen LogP contribution in [0.3, 0.4) is 0 Å². The maximum atomic E-state index is 13.9. The lowest BCUT2D eigenvalue weighted by Crippen LogP contribution is -2.54. The molecular weight excluding hydrogens is 508 g/mol. The van der Waals surface area contributed by atoms with Gasteiger partial charge in [0.1, 0.15) is 17.7 Å². The minimum Gasteiger partial charge on any atom is -0.459 e. The zero-order valence-corrected chi connectivity index (χ0v) is 21.6. The Bertz CT molecular complexity index is 1250. The highest BCUT2D eigenvalue weighted by atomic mass is 19.1. The molecule has 2 aromatic carbocycles. The third-order valence-corrected chi connectivity index (χ3v) is 6.83. The number of benzene rings is 2. The van der Waals surface area contributed by atoms with Gasteiger partial charge in [-0.05, 0) is 53.8 Å². The molecule has 0 bridgehead atoms. The van der Waals surface area contributed by atoms with Crippen LogP contribution in [0.25, 0.3) is 0 Å². The highest BCUT2D eigenvalue weighted by Gasteiger charge is 2.41. The lowest BCUT2D eigenvalue weighted by molar-refractivity contribution is -0.126. The molecule has 208 valence electrons. The summed E-state index contributed by atoms with van der Waals surface area (Å²) in [7, 11) is 0. The zero-order valence-electron chi connectivity index (χ0n) is 21.6. The van der Waals surface area contributed by atoms with Gasteiger partial charge in [0.2, 0.25) is 5.91 Å². The summed E-state index contributed by atoms with van der Waals surface area (Å²) >= 11 is 0. The van der Waals surface area contributed by atoms with Gasteiger partial charge in [0.15, 0.2) is 5.76 Å². The first-order valence-corrected chi connectivity index (χ1v) is 13.0. The Morgan fingerprint density at radius 3 is 2.51 bits per heavy atom. The van der Waals surface area contributed by atoms with Gasteiger partial charge in [-0.25, -0.2) is 8.78 Å². The number of aliphatic hydroxyl groups excluding tert-OH is 2. The first-order chi connectivity index (χ1) is 18.7. The normalized spacial score (nSPS) is 18.6. The van der Waals surface area contributed by atoms with Crippen molar-refractivity contribution < 1.29 is 33.0 Å². The molecule has 1 aromatic heterocycles. The van der Waals surface area contributed by atoms with Crippen LogP contribution in [0.5, 0.6) is 0 Å². The molecule has 0 radical (unpaired) electrons. The van der Waals surface area contributed by atoms with Crippen LogP contribution in [-0.4, -0.2) is 64.3 Å². The van der Waals surface area contributed by atoms with E-state index in [1.165, 1.54) is 22.8 Å². The number of carbonyl (C=O) groups excluding carboxylic acids is 2. The van der Waals surface area contributed by atoms with Crippen molar-refractivity contribution in [3.8, 4) is 0 Å². The molecule has 2 amide bonds. The van der Waals surface area contributed by atoms with Crippen LogP contribution >= 0.6 is 0 Å². The predicted octanol–water partition coefficient (Wildman–Crippen LogP) is 2.57. The maximum absolute atomic E-state index is 13.9. The van der Waals surface area contributed by atoms with E-state index in [-0.39, 0.29) is 37.3 Å². The number of nitrogens with zero attached hydrogens (tertiary/aromatic N) is 1. The zero-order chi connectivity index (χ0) is 27.9. The lowest BCUT2D eigenvalue weighted by atomic mass is 9.99. The number of rotatable bonds is 11. The largest absolute Gasteiger partial charge is 0.459 e. The molecule has 4 N–H and O–H groups in total. The van der Waals surface area contributed by atoms with E-state index in [1.807, 2.05) is 18.2 Å². The number of nitrogens with one attached hydrogen (secondary N) is 2. The Labute approximate surface area is 225 Å². The molecule has 1 fully saturated rings. The smallest absolute Gasteiger partial charge is 0.290 e. The molecular formula is C29H33F2N3O5. The minimum absolute atomic E-state index is 0.00170. The van der Waals surface area contributed by atoms with Crippen molar-refractivity contribution in [3.63, 3.8) is 0 Å². The lowest BCUT2D eigenvalue weighted by Gasteiger charge is -2.29. The van der Waals surface area contributed by atoms with E-state index in [4.69, 9.17) is 4.42 Å². The SMILES string of the molecule is CCc1cccc(CNC[C@H](O)[C@H](Cc2cc(F)cc(F)c2)NC(=O)[C@@H]2CC(O)CN2C(=O)c2ccco2)c1. The van der Waals surface area contributed by atoms with Gasteiger partial charge in [-0.1, -0.05) is 31.2 Å². The second-order valence-electron chi connectivity index (χ2n) is 9.81. The molecule has 1 aliphatic heterocycles. The topological polar surface area (TPSA) is 115 Å². The number of hydrogen-bond acceptors (Lipinski definition) is 6. The molecule has 3 aromatic rings. The van der Waals surface area contributed by atoms with E-state index in [0.717, 1.165) is 30.2 Å². The number of likely N-dealkylation sites (tertiary alicyclic amines) is 1. The molecule has 2 heterocycles. The molecule has 10 heteroatoms. The Morgan fingerprint density at radius 1 is 1.08 bits per heavy atom. The van der Waals surface area contributed by atoms with E-state index in [0.29, 0.717) is 6.54 Å². The van der Waals surface area contributed by atoms with Crippen molar-refractivity contribution in [2.24, 2.45) is 0 Å². The van der Waals surface area contributed by atoms with E-state index in [9.17, 15) is 28.6 Å². The number of aryl methyl sites for hydroxylation is 1. The number of β-amino-alcohol motifs (C(OH)–C–C–N with tert-alkyl or cyclic N) is 1. The van der Waals surface area contributed by atoms with Crippen LogP contribution in [0.4, 0.5) is 8.78 Å². The number of halogens is 2. The van der Waals surface area contributed by atoms with Crippen molar-refractivity contribution in [2.45, 2.75) is 57.0 Å². The average molecular weight is 542 g/mol. The Kier molecular flexibility index (Phi) is 9.45. The molecule has 1 unspecified atom stereocenters. The summed E-state index contributed by atoms with van der Waals surface area (Å²) in [5, 5.41) is 27.2. The summed E-state index contributed by atoms with van der Waals surface area (Å²) in [5.41, 5.74) is 2.46. The number of amides is 2. The van der Waals surface area contributed by atoms with Crippen LogP contribution in [-0.2, 0) is 24.2 Å². The Balaban J connectivity index is 1.47. The summed E-state index contributed by atoms with van der Waals surface area (Å²) in [6.45, 7) is 2.56. The van der Waals surface area contributed by atoms with Crippen LogP contribution in [0.15, 0.2) is 65.3 Å². The van der Waals surface area contributed by atoms with Crippen molar-refractivity contribution in [2.75, 3.05) is 13.1 Å². The number of furan rings is 1. The van der Waals surface area contributed by atoms with Gasteiger partial charge in [0.05, 0.1) is 24.5 Å². The minimum atomic E-state index is -1.13. The standard InChI is InChI=1S/C29H33F2N3O5/c1-2-18-5-3-6-19(9-18)15-32-16-26(36)24(12-20-10-21(30)13-22(31)11-20)33-28(37)25-14-23(35)17-34(25)29(38)27-7-4-8-39-27/h3-11,13,23-26,32,35-36H,2,12,14-17H2,1H3,(H,33,37)/t23?,24-,25-,26-/m0/s1. The maximum Gasteiger partial charge on any atom is 0.290 e. The number of hydrogen-bond donors (Lipinski definition) is 4. The van der Waals surface area contributed by atoms with E-state index in [2.05, 4.69) is 23.6 Å². The van der Waals surface area contributed by atoms with Crippen molar-refractivity contribution in [1.29, 1.82) is 0 Å². The quantitative estimate of drug-likeness (QED) is 0.297. The third-order valence-electron chi connectivity index (χ3n) is 6.83. The van der Waals surface area contributed by atoms with Crippen LogP contribution in [0.1, 0.15) is 40.6 Å². The fraction of sp³-hybridized carbons (Fsp3) is 0.379. The summed E-state index contributed by atoms with van der Waals surface area (Å²) in [5.74, 6) is -2.65. The van der Waals surface area contributed by atoms with E-state index in [1.54, 1.807) is 6.07 Å². The molecule has 1 saturated heterocycles. The molecule has 0 aliphatic carbocycles. The van der Waals surface area contributed by atoms with Crippen molar-refractivity contribution >= 4 is 11.8 Å². The Hall–Kier alpha value is -3.60. The van der Waals surface area contributed by atoms with Gasteiger partial charge in [-0.3, -0.25) is 9.59 Å². The summed E-state index contributed by atoms with van der Waals surface area (Å²) in [4.78, 5) is 27.5. The van der Waals surface area contributed by atoms with Crippen molar-refractivity contribution in [1.82, 2.24) is 15.5 Å². The second-order valence-corrected chi connectivity index (χ2v) is 9.81. The molecule has 8 nitrogen and oxygen atoms in total. The molecule has 1 aliphatic rings. The molecule has 4 rings (SSSR count). The average Bonchev–Trinajstić information content (AvgIpc) is 3.57. The van der Waals surface area contributed by atoms with Crippen LogP contribution in [0, 0.1) is 11.6 Å². The van der Waals surface area contributed by atoms with Crippen LogP contribution < -0.4 is 10.6 Å². The van der Waals surface area contributed by atoms with Gasteiger partial charge in [-0.15, -0.1) is 0 Å². The fourth-order valence-corrected chi connectivity index (χ4v) is 4.84. The van der Waals surface area contributed by atoms with Gasteiger partial charge in [0, 0.05) is 32.1 Å². The third kappa shape index (κ3) is 7.50. The molecule has 0 spiro atoms. The van der Waals surface area contributed by atoms with Gasteiger partial charge < -0.3 is 30.2 Å². The highest BCUT2D eigenvalue weighted by Crippen LogP contribution is 2.22. The van der Waals surface area contributed by atoms with Gasteiger partial charge >= 0.3 is 0 Å². The summed E-state index contributed by atoms with van der Waals surface area (Å²) < 4.78 is 32.9.